The number of amides is 1. The summed E-state index contributed by atoms with van der Waals surface area (Å²) in [5.41, 5.74) is 1.66. The van der Waals surface area contributed by atoms with Crippen LogP contribution < -0.4 is 5.32 Å². The Hall–Kier alpha value is -2.40. The second-order valence-corrected chi connectivity index (χ2v) is 4.98. The zero-order valence-corrected chi connectivity index (χ0v) is 11.9. The van der Waals surface area contributed by atoms with E-state index in [0.29, 0.717) is 11.6 Å². The number of nitrogens with one attached hydrogen (secondary N) is 1. The van der Waals surface area contributed by atoms with Gasteiger partial charge in [0.1, 0.15) is 6.54 Å². The molecule has 0 aliphatic heterocycles. The number of hydrogen-bond acceptors (Lipinski definition) is 3. The Bertz CT molecular complexity index is 770. The third-order valence-electron chi connectivity index (χ3n) is 3.12. The predicted octanol–water partition coefficient (Wildman–Crippen LogP) is 2.40. The molecule has 5 nitrogen and oxygen atoms in total. The first kappa shape index (κ1) is 13.6. The van der Waals surface area contributed by atoms with Gasteiger partial charge >= 0.3 is 0 Å². The highest BCUT2D eigenvalue weighted by atomic mass is 35.5. The smallest absolute Gasteiger partial charge is 0.242 e. The molecule has 0 atom stereocenters. The fourth-order valence-corrected chi connectivity index (χ4v) is 2.30. The Balaban J connectivity index is 1.68. The Morgan fingerprint density at radius 2 is 2.14 bits per heavy atom. The Morgan fingerprint density at radius 3 is 2.95 bits per heavy atom. The van der Waals surface area contributed by atoms with Crippen molar-refractivity contribution in [3.05, 3.63) is 59.5 Å². The fraction of sp³-hybridized carbons (Fsp3) is 0.133. The van der Waals surface area contributed by atoms with E-state index in [-0.39, 0.29) is 12.5 Å². The number of carbonyl (C=O) groups excluding carboxylic acids is 1. The van der Waals surface area contributed by atoms with Crippen molar-refractivity contribution in [1.82, 2.24) is 20.1 Å². The topological polar surface area (TPSA) is 59.8 Å². The number of fused-ring (bicyclic) bond motifs is 1. The number of rotatable bonds is 4. The van der Waals surface area contributed by atoms with E-state index in [4.69, 9.17) is 11.6 Å². The predicted molar refractivity (Wildman–Crippen MR) is 80.8 cm³/mol. The van der Waals surface area contributed by atoms with E-state index in [0.717, 1.165) is 16.6 Å². The fourth-order valence-electron chi connectivity index (χ4n) is 2.08. The molecule has 0 spiro atoms. The number of pyridine rings is 1. The van der Waals surface area contributed by atoms with Crippen molar-refractivity contribution in [3.8, 4) is 0 Å². The number of carbonyl (C=O) groups is 1. The average molecular weight is 301 g/mol. The van der Waals surface area contributed by atoms with Gasteiger partial charge < -0.3 is 5.32 Å². The van der Waals surface area contributed by atoms with Gasteiger partial charge in [0.25, 0.3) is 0 Å². The molecule has 3 rings (SSSR count). The normalized spacial score (nSPS) is 10.7. The summed E-state index contributed by atoms with van der Waals surface area (Å²) in [5.74, 6) is -0.120. The summed E-state index contributed by atoms with van der Waals surface area (Å²) in [6.45, 7) is 0.552. The third-order valence-corrected chi connectivity index (χ3v) is 3.45. The molecular weight excluding hydrogens is 288 g/mol. The summed E-state index contributed by atoms with van der Waals surface area (Å²) in [7, 11) is 0. The van der Waals surface area contributed by atoms with Crippen LogP contribution in [0, 0.1) is 0 Å². The van der Waals surface area contributed by atoms with Gasteiger partial charge in [-0.3, -0.25) is 14.5 Å². The molecule has 0 saturated heterocycles. The molecule has 1 amide bonds. The summed E-state index contributed by atoms with van der Waals surface area (Å²) < 4.78 is 1.63. The van der Waals surface area contributed by atoms with Crippen molar-refractivity contribution in [2.75, 3.05) is 0 Å². The molecule has 1 N–H and O–H groups in total. The van der Waals surface area contributed by atoms with Crippen LogP contribution in [0.5, 0.6) is 0 Å². The number of nitrogens with zero attached hydrogens (tertiary/aromatic N) is 3. The Morgan fingerprint density at radius 1 is 1.24 bits per heavy atom. The van der Waals surface area contributed by atoms with E-state index in [1.54, 1.807) is 23.1 Å². The molecule has 6 heteroatoms. The quantitative estimate of drug-likeness (QED) is 0.805. The largest absolute Gasteiger partial charge is 0.349 e. The molecule has 0 radical (unpaired) electrons. The third kappa shape index (κ3) is 3.03. The van der Waals surface area contributed by atoms with Gasteiger partial charge in [-0.1, -0.05) is 23.7 Å². The van der Waals surface area contributed by atoms with Gasteiger partial charge in [-0.05, 0) is 24.3 Å². The monoisotopic (exact) mass is 300 g/mol. The zero-order chi connectivity index (χ0) is 14.7. The maximum atomic E-state index is 12.0. The Kier molecular flexibility index (Phi) is 3.83. The van der Waals surface area contributed by atoms with Crippen LogP contribution in [0.1, 0.15) is 5.69 Å². The minimum Gasteiger partial charge on any atom is -0.349 e. The van der Waals surface area contributed by atoms with Crippen molar-refractivity contribution >= 4 is 28.4 Å². The van der Waals surface area contributed by atoms with E-state index in [9.17, 15) is 4.79 Å². The molecule has 21 heavy (non-hydrogen) atoms. The van der Waals surface area contributed by atoms with E-state index in [1.807, 2.05) is 30.3 Å². The number of aromatic nitrogens is 3. The van der Waals surface area contributed by atoms with Gasteiger partial charge in [-0.25, -0.2) is 0 Å². The molecule has 0 bridgehead atoms. The van der Waals surface area contributed by atoms with Gasteiger partial charge in [0, 0.05) is 11.6 Å². The molecular formula is C15H13ClN4O. The molecule has 1 aromatic carbocycles. The van der Waals surface area contributed by atoms with Gasteiger partial charge in [-0.15, -0.1) is 0 Å². The minimum absolute atomic E-state index is 0.120. The van der Waals surface area contributed by atoms with E-state index in [1.165, 1.54) is 0 Å². The molecule has 106 valence electrons. The van der Waals surface area contributed by atoms with Crippen molar-refractivity contribution in [2.45, 2.75) is 13.1 Å². The van der Waals surface area contributed by atoms with Crippen molar-refractivity contribution in [3.63, 3.8) is 0 Å². The lowest BCUT2D eigenvalue weighted by Crippen LogP contribution is -2.27. The van der Waals surface area contributed by atoms with Crippen LogP contribution in [0.3, 0.4) is 0 Å². The van der Waals surface area contributed by atoms with Crippen LogP contribution in [0.4, 0.5) is 0 Å². The summed E-state index contributed by atoms with van der Waals surface area (Å²) in [6.07, 6.45) is 3.37. The van der Waals surface area contributed by atoms with Crippen LogP contribution >= 0.6 is 11.6 Å². The lowest BCUT2D eigenvalue weighted by Gasteiger charge is -2.06. The molecule has 0 aliphatic carbocycles. The van der Waals surface area contributed by atoms with Crippen LogP contribution in [-0.2, 0) is 17.9 Å². The molecule has 2 aromatic heterocycles. The highest BCUT2D eigenvalue weighted by Gasteiger charge is 2.09. The first-order valence-corrected chi connectivity index (χ1v) is 6.88. The zero-order valence-electron chi connectivity index (χ0n) is 11.2. The lowest BCUT2D eigenvalue weighted by molar-refractivity contribution is -0.121. The molecule has 2 heterocycles. The molecule has 3 aromatic rings. The molecule has 0 unspecified atom stereocenters. The first-order valence-electron chi connectivity index (χ1n) is 6.50. The summed E-state index contributed by atoms with van der Waals surface area (Å²) in [6, 6.07) is 11.1. The summed E-state index contributed by atoms with van der Waals surface area (Å²) in [5, 5.41) is 8.50. The lowest BCUT2D eigenvalue weighted by atomic mass is 10.2. The van der Waals surface area contributed by atoms with Gasteiger partial charge in [0.2, 0.25) is 5.91 Å². The molecule has 0 saturated carbocycles. The highest BCUT2D eigenvalue weighted by Crippen LogP contribution is 2.22. The van der Waals surface area contributed by atoms with Gasteiger partial charge in [0.15, 0.2) is 0 Å². The first-order chi connectivity index (χ1) is 10.2. The second-order valence-electron chi connectivity index (χ2n) is 4.57. The molecule has 0 fully saturated rings. The van der Waals surface area contributed by atoms with Crippen molar-refractivity contribution < 1.29 is 4.79 Å². The maximum Gasteiger partial charge on any atom is 0.242 e. The van der Waals surface area contributed by atoms with Crippen molar-refractivity contribution in [2.24, 2.45) is 0 Å². The van der Waals surface area contributed by atoms with Crippen molar-refractivity contribution in [1.29, 1.82) is 0 Å². The van der Waals surface area contributed by atoms with Crippen LogP contribution in [0.15, 0.2) is 48.8 Å². The highest BCUT2D eigenvalue weighted by molar-refractivity contribution is 6.35. The summed E-state index contributed by atoms with van der Waals surface area (Å²) in [4.78, 5) is 16.1. The van der Waals surface area contributed by atoms with E-state index < -0.39 is 0 Å². The number of hydrogen-bond donors (Lipinski definition) is 1. The number of benzene rings is 1. The van der Waals surface area contributed by atoms with Gasteiger partial charge in [-0.2, -0.15) is 5.10 Å². The van der Waals surface area contributed by atoms with E-state index in [2.05, 4.69) is 15.4 Å². The van der Waals surface area contributed by atoms with Gasteiger partial charge in [0.05, 0.1) is 29.0 Å². The van der Waals surface area contributed by atoms with E-state index >= 15 is 0 Å². The average Bonchev–Trinajstić information content (AvgIpc) is 2.91. The molecule has 0 aliphatic rings. The minimum atomic E-state index is -0.120. The van der Waals surface area contributed by atoms with Crippen LogP contribution in [-0.4, -0.2) is 20.7 Å². The second kappa shape index (κ2) is 5.93. The maximum absolute atomic E-state index is 12.0. The standard InChI is InChI=1S/C15H13ClN4O/c16-13-5-3-6-14-12(13)9-19-20(14)10-15(21)18-8-11-4-1-2-7-17-11/h1-7,9H,8,10H2,(H,18,21). The van der Waals surface area contributed by atoms with Crippen LogP contribution in [0.25, 0.3) is 10.9 Å². The number of halogens is 1. The Labute approximate surface area is 126 Å². The van der Waals surface area contributed by atoms with Crippen LogP contribution in [0.2, 0.25) is 5.02 Å². The SMILES string of the molecule is O=C(Cn1ncc2c(Cl)cccc21)NCc1ccccn1. The summed E-state index contributed by atoms with van der Waals surface area (Å²) >= 11 is 6.09.